The van der Waals surface area contributed by atoms with Crippen molar-refractivity contribution >= 4 is 0 Å². The number of morpholine rings is 1. The number of nitrogens with zero attached hydrogens (tertiary/aromatic N) is 1. The molecular formula is C6H11NO. The quantitative estimate of drug-likeness (QED) is 0.478. The van der Waals surface area contributed by atoms with Crippen LogP contribution in [-0.2, 0) is 4.74 Å². The molecule has 0 amide bonds. The molecule has 46 valence electrons. The minimum Gasteiger partial charge on any atom is -0.373 e. The maximum absolute atomic E-state index is 5.22. The van der Waals surface area contributed by atoms with E-state index in [1.165, 1.54) is 13.1 Å². The van der Waals surface area contributed by atoms with Crippen LogP contribution in [0.15, 0.2) is 0 Å². The molecule has 2 heterocycles. The second-order valence-corrected chi connectivity index (χ2v) is 2.53. The molecule has 0 aromatic rings. The van der Waals surface area contributed by atoms with Gasteiger partial charge < -0.3 is 4.74 Å². The summed E-state index contributed by atoms with van der Waals surface area (Å²) in [5.74, 6) is 0. The van der Waals surface area contributed by atoms with Crippen molar-refractivity contribution < 1.29 is 4.74 Å². The fourth-order valence-corrected chi connectivity index (χ4v) is 1.43. The van der Waals surface area contributed by atoms with Crippen molar-refractivity contribution in [1.82, 2.24) is 4.90 Å². The van der Waals surface area contributed by atoms with Crippen molar-refractivity contribution in [3.63, 3.8) is 0 Å². The molecule has 0 aromatic heterocycles. The van der Waals surface area contributed by atoms with Gasteiger partial charge in [-0.2, -0.15) is 0 Å². The third-order valence-electron chi connectivity index (χ3n) is 2.20. The minimum atomic E-state index is 0.620. The van der Waals surface area contributed by atoms with Gasteiger partial charge in [-0.3, -0.25) is 4.90 Å². The Bertz CT molecular complexity index is 103. The third kappa shape index (κ3) is 0.400. The molecular weight excluding hydrogens is 102 g/mol. The van der Waals surface area contributed by atoms with E-state index in [1.807, 2.05) is 0 Å². The van der Waals surface area contributed by atoms with E-state index in [0.29, 0.717) is 6.10 Å². The summed E-state index contributed by atoms with van der Waals surface area (Å²) in [6, 6.07) is 0.806. The van der Waals surface area contributed by atoms with Gasteiger partial charge in [0.05, 0.1) is 18.8 Å². The van der Waals surface area contributed by atoms with Crippen LogP contribution in [0.2, 0.25) is 0 Å². The average molecular weight is 113 g/mol. The summed E-state index contributed by atoms with van der Waals surface area (Å²) in [6.07, 6.45) is 0.620. The molecule has 2 rings (SSSR count). The predicted molar refractivity (Wildman–Crippen MR) is 30.8 cm³/mol. The highest BCUT2D eigenvalue weighted by Gasteiger charge is 2.45. The van der Waals surface area contributed by atoms with Crippen LogP contribution in [0.4, 0.5) is 0 Å². The predicted octanol–water partition coefficient (Wildman–Crippen LogP) is 0.0893. The van der Waals surface area contributed by atoms with Gasteiger partial charge in [0.1, 0.15) is 0 Å². The van der Waals surface area contributed by atoms with Crippen molar-refractivity contribution in [2.24, 2.45) is 0 Å². The Hall–Kier alpha value is -0.0800. The smallest absolute Gasteiger partial charge is 0.0880 e. The van der Waals surface area contributed by atoms with Gasteiger partial charge in [0.15, 0.2) is 0 Å². The topological polar surface area (TPSA) is 12.5 Å². The van der Waals surface area contributed by atoms with Crippen molar-refractivity contribution in [2.45, 2.75) is 19.1 Å². The molecule has 0 bridgehead atoms. The second kappa shape index (κ2) is 1.45. The summed E-state index contributed by atoms with van der Waals surface area (Å²) in [5, 5.41) is 0. The van der Waals surface area contributed by atoms with Gasteiger partial charge in [-0.1, -0.05) is 6.92 Å². The minimum absolute atomic E-state index is 0.620. The zero-order valence-corrected chi connectivity index (χ0v) is 5.13. The number of hydrogen-bond donors (Lipinski definition) is 0. The Morgan fingerprint density at radius 1 is 1.75 bits per heavy atom. The van der Waals surface area contributed by atoms with Gasteiger partial charge in [0.25, 0.3) is 0 Å². The molecule has 0 N–H and O–H groups in total. The summed E-state index contributed by atoms with van der Waals surface area (Å²) in [7, 11) is 0. The van der Waals surface area contributed by atoms with Gasteiger partial charge in [-0.05, 0) is 6.54 Å². The maximum Gasteiger partial charge on any atom is 0.0880 e. The lowest BCUT2D eigenvalue weighted by atomic mass is 9.95. The molecule has 0 spiro atoms. The first-order valence-corrected chi connectivity index (χ1v) is 3.27. The summed E-state index contributed by atoms with van der Waals surface area (Å²) >= 11 is 0. The van der Waals surface area contributed by atoms with E-state index in [9.17, 15) is 0 Å². The van der Waals surface area contributed by atoms with Crippen LogP contribution >= 0.6 is 0 Å². The third-order valence-corrected chi connectivity index (χ3v) is 2.20. The molecule has 2 fully saturated rings. The van der Waals surface area contributed by atoms with Crippen molar-refractivity contribution in [3.8, 4) is 0 Å². The van der Waals surface area contributed by atoms with Gasteiger partial charge in [0, 0.05) is 6.54 Å². The Kier molecular flexibility index (Phi) is 0.866. The number of fused-ring (bicyclic) bond motifs is 1. The van der Waals surface area contributed by atoms with Gasteiger partial charge >= 0.3 is 0 Å². The summed E-state index contributed by atoms with van der Waals surface area (Å²) < 4.78 is 5.22. The number of rotatable bonds is 1. The maximum atomic E-state index is 5.22. The Labute approximate surface area is 49.4 Å². The molecule has 2 saturated heterocycles. The first-order valence-electron chi connectivity index (χ1n) is 3.27. The molecule has 0 aliphatic carbocycles. The van der Waals surface area contributed by atoms with Gasteiger partial charge in [-0.25, -0.2) is 0 Å². The number of likely N-dealkylation sites (N-methyl/N-ethyl adjacent to an activating group) is 1. The monoisotopic (exact) mass is 113 g/mol. The lowest BCUT2D eigenvalue weighted by Gasteiger charge is -2.54. The lowest BCUT2D eigenvalue weighted by molar-refractivity contribution is -0.212. The fraction of sp³-hybridized carbons (Fsp3) is 1.00. The van der Waals surface area contributed by atoms with Crippen molar-refractivity contribution in [2.75, 3.05) is 19.7 Å². The molecule has 1 unspecified atom stereocenters. The van der Waals surface area contributed by atoms with Crippen LogP contribution in [0.1, 0.15) is 6.92 Å². The van der Waals surface area contributed by atoms with Gasteiger partial charge in [0.2, 0.25) is 0 Å². The number of hydrogen-bond acceptors (Lipinski definition) is 2. The molecule has 0 radical (unpaired) electrons. The van der Waals surface area contributed by atoms with Crippen LogP contribution in [0.3, 0.4) is 0 Å². The van der Waals surface area contributed by atoms with Crippen LogP contribution in [0, 0.1) is 0 Å². The second-order valence-electron chi connectivity index (χ2n) is 2.53. The van der Waals surface area contributed by atoms with E-state index in [2.05, 4.69) is 11.8 Å². The Morgan fingerprint density at radius 3 is 2.75 bits per heavy atom. The molecule has 2 aliphatic heterocycles. The number of ether oxygens (including phenoxy) is 1. The van der Waals surface area contributed by atoms with E-state index in [0.717, 1.165) is 12.6 Å². The molecule has 0 aromatic carbocycles. The van der Waals surface area contributed by atoms with Crippen molar-refractivity contribution in [3.05, 3.63) is 0 Å². The Balaban J connectivity index is 1.89. The summed E-state index contributed by atoms with van der Waals surface area (Å²) in [5.41, 5.74) is 0. The SMILES string of the molecule is CCN1C[C@@H]2OCC21. The molecule has 2 nitrogen and oxygen atoms in total. The van der Waals surface area contributed by atoms with Crippen LogP contribution in [0.25, 0.3) is 0 Å². The average Bonchev–Trinajstić information content (AvgIpc) is 1.76. The Morgan fingerprint density at radius 2 is 2.62 bits per heavy atom. The standard InChI is InChI=1S/C6H11NO/c1-2-7-3-6-5(7)4-8-6/h5-6H,2-4H2,1H3/t5?,6-/m0/s1. The molecule has 2 aliphatic rings. The first kappa shape index (κ1) is 4.77. The van der Waals surface area contributed by atoms with Gasteiger partial charge in [-0.15, -0.1) is 0 Å². The number of likely N-dealkylation sites (tertiary alicyclic amines) is 1. The van der Waals surface area contributed by atoms with Crippen LogP contribution in [-0.4, -0.2) is 36.7 Å². The molecule has 8 heavy (non-hydrogen) atoms. The highest BCUT2D eigenvalue weighted by atomic mass is 16.5. The summed E-state index contributed by atoms with van der Waals surface area (Å²) in [4.78, 5) is 2.45. The van der Waals surface area contributed by atoms with E-state index < -0.39 is 0 Å². The first-order chi connectivity index (χ1) is 3.92. The zero-order chi connectivity index (χ0) is 5.56. The summed E-state index contributed by atoms with van der Waals surface area (Å²) in [6.45, 7) is 5.57. The van der Waals surface area contributed by atoms with Crippen LogP contribution in [0.5, 0.6) is 0 Å². The van der Waals surface area contributed by atoms with E-state index in [-0.39, 0.29) is 0 Å². The molecule has 2 atom stereocenters. The normalized spacial score (nSPS) is 44.6. The van der Waals surface area contributed by atoms with E-state index in [1.54, 1.807) is 0 Å². The van der Waals surface area contributed by atoms with E-state index >= 15 is 0 Å². The highest BCUT2D eigenvalue weighted by molar-refractivity contribution is 4.98. The molecule has 0 saturated carbocycles. The zero-order valence-electron chi connectivity index (χ0n) is 5.13. The fourth-order valence-electron chi connectivity index (χ4n) is 1.43. The highest BCUT2D eigenvalue weighted by Crippen LogP contribution is 2.28. The largest absolute Gasteiger partial charge is 0.373 e. The van der Waals surface area contributed by atoms with Crippen molar-refractivity contribution in [1.29, 1.82) is 0 Å². The molecule has 2 heteroatoms. The van der Waals surface area contributed by atoms with Crippen LogP contribution < -0.4 is 0 Å². The van der Waals surface area contributed by atoms with E-state index in [4.69, 9.17) is 4.74 Å². The lowest BCUT2D eigenvalue weighted by Crippen LogP contribution is -2.70.